The summed E-state index contributed by atoms with van der Waals surface area (Å²) >= 11 is 3.42. The third kappa shape index (κ3) is 2.88. The van der Waals surface area contributed by atoms with E-state index >= 15 is 0 Å². The zero-order valence-electron chi connectivity index (χ0n) is 9.64. The molecule has 1 aromatic carbocycles. The lowest BCUT2D eigenvalue weighted by Gasteiger charge is -2.09. The number of nitrogens with zero attached hydrogens (tertiary/aromatic N) is 2. The summed E-state index contributed by atoms with van der Waals surface area (Å²) in [4.78, 5) is 8.02. The molecule has 0 aliphatic rings. The highest BCUT2D eigenvalue weighted by molar-refractivity contribution is 9.10. The summed E-state index contributed by atoms with van der Waals surface area (Å²) in [7, 11) is 1.62. The van der Waals surface area contributed by atoms with Gasteiger partial charge in [-0.1, -0.05) is 0 Å². The van der Waals surface area contributed by atoms with Gasteiger partial charge in [-0.2, -0.15) is 0 Å². The lowest BCUT2D eigenvalue weighted by molar-refractivity contribution is 0.412. The van der Waals surface area contributed by atoms with Crippen LogP contribution in [-0.4, -0.2) is 17.1 Å². The van der Waals surface area contributed by atoms with Crippen molar-refractivity contribution in [1.82, 2.24) is 9.97 Å². The molecule has 2 rings (SSSR count). The van der Waals surface area contributed by atoms with Crippen molar-refractivity contribution in [3.8, 4) is 5.75 Å². The van der Waals surface area contributed by atoms with Crippen LogP contribution in [0.3, 0.4) is 0 Å². The minimum atomic E-state index is 0.542. The van der Waals surface area contributed by atoms with Gasteiger partial charge in [0.25, 0.3) is 0 Å². The number of halogens is 1. The van der Waals surface area contributed by atoms with Gasteiger partial charge < -0.3 is 15.5 Å². The first-order valence-electron chi connectivity index (χ1n) is 5.12. The van der Waals surface area contributed by atoms with Gasteiger partial charge in [0.1, 0.15) is 23.7 Å². The molecule has 0 unspecified atom stereocenters. The van der Waals surface area contributed by atoms with Gasteiger partial charge in [0.15, 0.2) is 0 Å². The zero-order chi connectivity index (χ0) is 13.0. The first-order chi connectivity index (χ1) is 8.72. The van der Waals surface area contributed by atoms with Crippen LogP contribution in [-0.2, 0) is 0 Å². The predicted molar refractivity (Wildman–Crippen MR) is 73.8 cm³/mol. The molecule has 0 saturated heterocycles. The smallest absolute Gasteiger partial charge is 0.145 e. The number of ether oxygens (including phenoxy) is 1. The van der Waals surface area contributed by atoms with Crippen LogP contribution < -0.4 is 21.3 Å². The van der Waals surface area contributed by atoms with E-state index in [1.165, 1.54) is 6.33 Å². The first kappa shape index (κ1) is 12.6. The highest BCUT2D eigenvalue weighted by Crippen LogP contribution is 2.28. The second-order valence-electron chi connectivity index (χ2n) is 3.41. The summed E-state index contributed by atoms with van der Waals surface area (Å²) < 4.78 is 6.02. The number of rotatable bonds is 4. The molecule has 0 bridgehead atoms. The standard InChI is InChI=1S/C11H12BrN5O/c1-18-9-3-2-7(4-8(9)12)16-10-5-11(17-13)15-6-14-10/h2-6H,13H2,1H3,(H2,14,15,16,17). The second kappa shape index (κ2) is 5.65. The van der Waals surface area contributed by atoms with Gasteiger partial charge in [-0.05, 0) is 34.1 Å². The van der Waals surface area contributed by atoms with Crippen LogP contribution in [0, 0.1) is 0 Å². The lowest BCUT2D eigenvalue weighted by atomic mass is 10.3. The van der Waals surface area contributed by atoms with Gasteiger partial charge >= 0.3 is 0 Å². The van der Waals surface area contributed by atoms with E-state index in [4.69, 9.17) is 10.6 Å². The molecule has 18 heavy (non-hydrogen) atoms. The van der Waals surface area contributed by atoms with Crippen molar-refractivity contribution in [3.63, 3.8) is 0 Å². The molecule has 0 radical (unpaired) electrons. The molecule has 94 valence electrons. The highest BCUT2D eigenvalue weighted by atomic mass is 79.9. The van der Waals surface area contributed by atoms with Crippen LogP contribution in [0.2, 0.25) is 0 Å². The molecule has 0 saturated carbocycles. The van der Waals surface area contributed by atoms with Crippen molar-refractivity contribution in [1.29, 1.82) is 0 Å². The van der Waals surface area contributed by atoms with Crippen LogP contribution in [0.5, 0.6) is 5.75 Å². The number of benzene rings is 1. The van der Waals surface area contributed by atoms with E-state index < -0.39 is 0 Å². The molecule has 0 spiro atoms. The Morgan fingerprint density at radius 1 is 1.22 bits per heavy atom. The summed E-state index contributed by atoms with van der Waals surface area (Å²) in [6, 6.07) is 7.35. The summed E-state index contributed by atoms with van der Waals surface area (Å²) in [5.41, 5.74) is 3.34. The Bertz CT molecular complexity index is 549. The van der Waals surface area contributed by atoms with Crippen molar-refractivity contribution < 1.29 is 4.74 Å². The van der Waals surface area contributed by atoms with Crippen molar-refractivity contribution in [2.75, 3.05) is 17.9 Å². The van der Waals surface area contributed by atoms with Crippen LogP contribution in [0.15, 0.2) is 35.1 Å². The van der Waals surface area contributed by atoms with E-state index in [0.29, 0.717) is 11.6 Å². The van der Waals surface area contributed by atoms with Gasteiger partial charge in [0, 0.05) is 11.8 Å². The fourth-order valence-electron chi connectivity index (χ4n) is 1.40. The van der Waals surface area contributed by atoms with Gasteiger partial charge in [-0.15, -0.1) is 0 Å². The maximum atomic E-state index is 5.28. The molecule has 0 aliphatic heterocycles. The van der Waals surface area contributed by atoms with Crippen molar-refractivity contribution in [2.45, 2.75) is 0 Å². The molecule has 1 aromatic heterocycles. The molecular formula is C11H12BrN5O. The number of hydrazine groups is 1. The molecule has 0 atom stereocenters. The number of anilines is 3. The van der Waals surface area contributed by atoms with Crippen LogP contribution in [0.25, 0.3) is 0 Å². The minimum Gasteiger partial charge on any atom is -0.496 e. The molecule has 4 N–H and O–H groups in total. The Kier molecular flexibility index (Phi) is 3.96. The maximum Gasteiger partial charge on any atom is 0.145 e. The first-order valence-corrected chi connectivity index (χ1v) is 5.91. The van der Waals surface area contributed by atoms with Gasteiger partial charge in [-0.3, -0.25) is 0 Å². The number of hydrogen-bond acceptors (Lipinski definition) is 6. The van der Waals surface area contributed by atoms with Gasteiger partial charge in [0.05, 0.1) is 11.6 Å². The molecule has 0 amide bonds. The van der Waals surface area contributed by atoms with Crippen molar-refractivity contribution in [3.05, 3.63) is 35.1 Å². The largest absolute Gasteiger partial charge is 0.496 e. The Morgan fingerprint density at radius 2 is 2.00 bits per heavy atom. The SMILES string of the molecule is COc1ccc(Nc2cc(NN)ncn2)cc1Br. The molecule has 0 fully saturated rings. The van der Waals surface area contributed by atoms with E-state index in [-0.39, 0.29) is 0 Å². The summed E-state index contributed by atoms with van der Waals surface area (Å²) in [6.45, 7) is 0. The predicted octanol–water partition coefficient (Wildman–Crippen LogP) is 2.28. The van der Waals surface area contributed by atoms with E-state index in [2.05, 4.69) is 36.6 Å². The zero-order valence-corrected chi connectivity index (χ0v) is 11.2. The third-order valence-electron chi connectivity index (χ3n) is 2.24. The minimum absolute atomic E-state index is 0.542. The van der Waals surface area contributed by atoms with Crippen molar-refractivity contribution >= 4 is 33.3 Å². The molecule has 2 aromatic rings. The Balaban J connectivity index is 2.20. The van der Waals surface area contributed by atoms with E-state index in [9.17, 15) is 0 Å². The monoisotopic (exact) mass is 309 g/mol. The average Bonchev–Trinajstić information content (AvgIpc) is 2.39. The lowest BCUT2D eigenvalue weighted by Crippen LogP contribution is -2.09. The summed E-state index contributed by atoms with van der Waals surface area (Å²) in [6.07, 6.45) is 1.43. The number of hydrogen-bond donors (Lipinski definition) is 3. The molecule has 7 heteroatoms. The average molecular weight is 310 g/mol. The highest BCUT2D eigenvalue weighted by Gasteiger charge is 2.03. The van der Waals surface area contributed by atoms with E-state index in [1.54, 1.807) is 13.2 Å². The number of methoxy groups -OCH3 is 1. The van der Waals surface area contributed by atoms with Gasteiger partial charge in [-0.25, -0.2) is 15.8 Å². The van der Waals surface area contributed by atoms with Crippen molar-refractivity contribution in [2.24, 2.45) is 5.84 Å². The fraction of sp³-hybridized carbons (Fsp3) is 0.0909. The quantitative estimate of drug-likeness (QED) is 0.593. The summed E-state index contributed by atoms with van der Waals surface area (Å²) in [5, 5.41) is 3.14. The van der Waals surface area contributed by atoms with Gasteiger partial charge in [0.2, 0.25) is 0 Å². The number of nitrogens with two attached hydrogens (primary N) is 1. The molecular weight excluding hydrogens is 298 g/mol. The number of nitrogens with one attached hydrogen (secondary N) is 2. The van der Waals surface area contributed by atoms with Crippen LogP contribution in [0.1, 0.15) is 0 Å². The van der Waals surface area contributed by atoms with E-state index in [0.717, 1.165) is 15.9 Å². The molecule has 6 nitrogen and oxygen atoms in total. The topological polar surface area (TPSA) is 85.1 Å². The summed E-state index contributed by atoms with van der Waals surface area (Å²) in [5.74, 6) is 7.24. The Labute approximate surface area is 113 Å². The van der Waals surface area contributed by atoms with Crippen LogP contribution in [0.4, 0.5) is 17.3 Å². The molecule has 0 aliphatic carbocycles. The molecule has 1 heterocycles. The number of aromatic nitrogens is 2. The normalized spacial score (nSPS) is 9.94. The Hall–Kier alpha value is -1.86. The van der Waals surface area contributed by atoms with Crippen LogP contribution >= 0.6 is 15.9 Å². The Morgan fingerprint density at radius 3 is 2.67 bits per heavy atom. The third-order valence-corrected chi connectivity index (χ3v) is 2.86. The number of nitrogen functional groups attached to an aromatic ring is 1. The maximum absolute atomic E-state index is 5.28. The second-order valence-corrected chi connectivity index (χ2v) is 4.26. The van der Waals surface area contributed by atoms with E-state index in [1.807, 2.05) is 18.2 Å². The fourth-order valence-corrected chi connectivity index (χ4v) is 1.94.